The summed E-state index contributed by atoms with van der Waals surface area (Å²) in [6.45, 7) is 7.68. The van der Waals surface area contributed by atoms with Crippen LogP contribution in [0.4, 0.5) is 0 Å². The molecule has 0 aromatic heterocycles. The maximum atomic E-state index is 11.2. The third kappa shape index (κ3) is 2.76. The summed E-state index contributed by atoms with van der Waals surface area (Å²) in [5, 5.41) is 0. The summed E-state index contributed by atoms with van der Waals surface area (Å²) >= 11 is 0. The minimum absolute atomic E-state index is 0.0299. The highest BCUT2D eigenvalue weighted by Gasteiger charge is 2.37. The molecule has 0 N–H and O–H groups in total. The summed E-state index contributed by atoms with van der Waals surface area (Å²) in [5.41, 5.74) is 0.433. The number of hydrogen-bond acceptors (Lipinski definition) is 3. The van der Waals surface area contributed by atoms with Crippen LogP contribution in [-0.2, 0) is 14.3 Å². The van der Waals surface area contributed by atoms with Gasteiger partial charge in [0.2, 0.25) is 5.79 Å². The van der Waals surface area contributed by atoms with E-state index in [2.05, 4.69) is 0 Å². The maximum Gasteiger partial charge on any atom is 0.211 e. The van der Waals surface area contributed by atoms with E-state index in [-0.39, 0.29) is 11.4 Å². The van der Waals surface area contributed by atoms with E-state index in [9.17, 15) is 4.79 Å². The molecule has 3 heteroatoms. The first-order valence-electron chi connectivity index (χ1n) is 4.96. The van der Waals surface area contributed by atoms with E-state index in [1.165, 1.54) is 12.2 Å². The minimum Gasteiger partial charge on any atom is -0.346 e. The standard InChI is InChI=1S/C12H18O3/c1-9-8-10(13)6-7-12(9,14-5)15-11(2,3)4/h6-8H,1-5H3. The number of carbonyl (C=O) groups excluding carboxylic acids is 1. The molecule has 0 aromatic rings. The van der Waals surface area contributed by atoms with Gasteiger partial charge in [0.15, 0.2) is 5.78 Å². The van der Waals surface area contributed by atoms with Crippen LogP contribution in [0, 0.1) is 0 Å². The van der Waals surface area contributed by atoms with Gasteiger partial charge in [0.1, 0.15) is 0 Å². The largest absolute Gasteiger partial charge is 0.346 e. The molecule has 1 unspecified atom stereocenters. The first-order valence-corrected chi connectivity index (χ1v) is 4.96. The first kappa shape index (κ1) is 12.1. The summed E-state index contributed by atoms with van der Waals surface area (Å²) in [6, 6.07) is 0. The van der Waals surface area contributed by atoms with E-state index in [0.29, 0.717) is 0 Å². The van der Waals surface area contributed by atoms with Crippen LogP contribution in [-0.4, -0.2) is 24.3 Å². The van der Waals surface area contributed by atoms with Crippen molar-refractivity contribution in [1.82, 2.24) is 0 Å². The van der Waals surface area contributed by atoms with Crippen LogP contribution >= 0.6 is 0 Å². The number of hydrogen-bond donors (Lipinski definition) is 0. The molecule has 1 aliphatic rings. The Balaban J connectivity index is 3.01. The number of methoxy groups -OCH3 is 1. The van der Waals surface area contributed by atoms with Gasteiger partial charge in [0.05, 0.1) is 5.60 Å². The Morgan fingerprint density at radius 2 is 1.93 bits per heavy atom. The predicted molar refractivity (Wildman–Crippen MR) is 58.5 cm³/mol. The van der Waals surface area contributed by atoms with Crippen LogP contribution in [0.2, 0.25) is 0 Å². The molecule has 15 heavy (non-hydrogen) atoms. The molecular formula is C12H18O3. The van der Waals surface area contributed by atoms with Gasteiger partial charge in [0, 0.05) is 7.11 Å². The van der Waals surface area contributed by atoms with Crippen LogP contribution in [0.3, 0.4) is 0 Å². The fourth-order valence-corrected chi connectivity index (χ4v) is 1.53. The van der Waals surface area contributed by atoms with Gasteiger partial charge < -0.3 is 9.47 Å². The van der Waals surface area contributed by atoms with Gasteiger partial charge in [0.25, 0.3) is 0 Å². The highest BCUT2D eigenvalue weighted by atomic mass is 16.7. The predicted octanol–water partition coefficient (Wildman–Crippen LogP) is 2.23. The molecule has 1 rings (SSSR count). The monoisotopic (exact) mass is 210 g/mol. The second kappa shape index (κ2) is 3.91. The Bertz CT molecular complexity index is 320. The number of carbonyl (C=O) groups is 1. The Kier molecular flexibility index (Phi) is 3.16. The molecule has 0 aromatic carbocycles. The lowest BCUT2D eigenvalue weighted by atomic mass is 9.98. The quantitative estimate of drug-likeness (QED) is 0.656. The molecule has 0 saturated carbocycles. The van der Waals surface area contributed by atoms with Gasteiger partial charge in [-0.3, -0.25) is 4.79 Å². The highest BCUT2D eigenvalue weighted by Crippen LogP contribution is 2.31. The van der Waals surface area contributed by atoms with E-state index < -0.39 is 5.79 Å². The van der Waals surface area contributed by atoms with E-state index in [4.69, 9.17) is 9.47 Å². The zero-order valence-electron chi connectivity index (χ0n) is 9.96. The molecule has 0 radical (unpaired) electrons. The number of ether oxygens (including phenoxy) is 2. The van der Waals surface area contributed by atoms with Crippen LogP contribution in [0.15, 0.2) is 23.8 Å². The number of allylic oxidation sites excluding steroid dienone is 2. The van der Waals surface area contributed by atoms with Crippen molar-refractivity contribution in [3.8, 4) is 0 Å². The minimum atomic E-state index is -0.897. The van der Waals surface area contributed by atoms with Crippen LogP contribution < -0.4 is 0 Å². The van der Waals surface area contributed by atoms with Crippen molar-refractivity contribution in [2.45, 2.75) is 39.1 Å². The average Bonchev–Trinajstić information content (AvgIpc) is 2.08. The van der Waals surface area contributed by atoms with Gasteiger partial charge in [-0.1, -0.05) is 0 Å². The molecule has 1 aliphatic carbocycles. The lowest BCUT2D eigenvalue weighted by Gasteiger charge is -2.37. The Morgan fingerprint density at radius 1 is 1.33 bits per heavy atom. The van der Waals surface area contributed by atoms with E-state index in [1.807, 2.05) is 27.7 Å². The van der Waals surface area contributed by atoms with Gasteiger partial charge in [-0.2, -0.15) is 0 Å². The van der Waals surface area contributed by atoms with Crippen LogP contribution in [0.1, 0.15) is 27.7 Å². The normalized spacial score (nSPS) is 26.7. The van der Waals surface area contributed by atoms with Crippen LogP contribution in [0.25, 0.3) is 0 Å². The highest BCUT2D eigenvalue weighted by molar-refractivity contribution is 6.01. The molecule has 0 saturated heterocycles. The van der Waals surface area contributed by atoms with Crippen molar-refractivity contribution in [2.24, 2.45) is 0 Å². The lowest BCUT2D eigenvalue weighted by Crippen LogP contribution is -2.42. The summed E-state index contributed by atoms with van der Waals surface area (Å²) in [6.07, 6.45) is 4.67. The Labute approximate surface area is 90.8 Å². The molecular weight excluding hydrogens is 192 g/mol. The molecule has 0 heterocycles. The fourth-order valence-electron chi connectivity index (χ4n) is 1.53. The Morgan fingerprint density at radius 3 is 2.33 bits per heavy atom. The third-order valence-corrected chi connectivity index (χ3v) is 2.14. The molecule has 0 spiro atoms. The third-order valence-electron chi connectivity index (χ3n) is 2.14. The van der Waals surface area contributed by atoms with Crippen molar-refractivity contribution in [3.63, 3.8) is 0 Å². The average molecular weight is 210 g/mol. The molecule has 84 valence electrons. The summed E-state index contributed by atoms with van der Waals surface area (Å²) < 4.78 is 11.2. The maximum absolute atomic E-state index is 11.2. The van der Waals surface area contributed by atoms with Crippen molar-refractivity contribution in [3.05, 3.63) is 23.8 Å². The molecule has 0 amide bonds. The van der Waals surface area contributed by atoms with Crippen LogP contribution in [0.5, 0.6) is 0 Å². The summed E-state index contributed by atoms with van der Waals surface area (Å²) in [7, 11) is 1.57. The van der Waals surface area contributed by atoms with E-state index >= 15 is 0 Å². The molecule has 1 atom stereocenters. The lowest BCUT2D eigenvalue weighted by molar-refractivity contribution is -0.215. The second-order valence-corrected chi connectivity index (χ2v) is 4.65. The summed E-state index contributed by atoms with van der Waals surface area (Å²) in [5.74, 6) is -0.927. The summed E-state index contributed by atoms with van der Waals surface area (Å²) in [4.78, 5) is 11.2. The van der Waals surface area contributed by atoms with E-state index in [1.54, 1.807) is 13.2 Å². The first-order chi connectivity index (χ1) is 6.79. The molecule has 0 fully saturated rings. The smallest absolute Gasteiger partial charge is 0.211 e. The number of ketones is 1. The van der Waals surface area contributed by atoms with Crippen molar-refractivity contribution < 1.29 is 14.3 Å². The topological polar surface area (TPSA) is 35.5 Å². The SMILES string of the molecule is COC1(OC(C)(C)C)C=CC(=O)C=C1C. The number of rotatable bonds is 2. The van der Waals surface area contributed by atoms with Crippen molar-refractivity contribution >= 4 is 5.78 Å². The molecule has 3 nitrogen and oxygen atoms in total. The molecule has 0 bridgehead atoms. The zero-order chi connectivity index (χ0) is 11.7. The van der Waals surface area contributed by atoms with Gasteiger partial charge in [-0.25, -0.2) is 0 Å². The van der Waals surface area contributed by atoms with E-state index in [0.717, 1.165) is 5.57 Å². The van der Waals surface area contributed by atoms with Crippen molar-refractivity contribution in [1.29, 1.82) is 0 Å². The van der Waals surface area contributed by atoms with Gasteiger partial charge >= 0.3 is 0 Å². The molecule has 0 aliphatic heterocycles. The second-order valence-electron chi connectivity index (χ2n) is 4.65. The van der Waals surface area contributed by atoms with Gasteiger partial charge in [-0.15, -0.1) is 0 Å². The van der Waals surface area contributed by atoms with Gasteiger partial charge in [-0.05, 0) is 51.5 Å². The van der Waals surface area contributed by atoms with Crippen molar-refractivity contribution in [2.75, 3.05) is 7.11 Å². The fraction of sp³-hybridized carbons (Fsp3) is 0.583. The zero-order valence-corrected chi connectivity index (χ0v) is 9.96. The Hall–Kier alpha value is -0.930.